The maximum atomic E-state index is 12.2. The summed E-state index contributed by atoms with van der Waals surface area (Å²) in [6, 6.07) is 4.03. The molecular weight excluding hydrogens is 316 g/mol. The molecule has 0 saturated heterocycles. The van der Waals surface area contributed by atoms with Gasteiger partial charge in [-0.1, -0.05) is 11.6 Å². The molecule has 0 aliphatic heterocycles. The van der Waals surface area contributed by atoms with E-state index >= 15 is 0 Å². The zero-order chi connectivity index (χ0) is 15.6. The molecular formula is C13H17ClN2O4S. The van der Waals surface area contributed by atoms with Gasteiger partial charge in [-0.15, -0.1) is 0 Å². The third kappa shape index (κ3) is 3.94. The Morgan fingerprint density at radius 1 is 1.43 bits per heavy atom. The number of hydrogen-bond acceptors (Lipinski definition) is 4. The van der Waals surface area contributed by atoms with Crippen molar-refractivity contribution in [3.05, 3.63) is 28.8 Å². The molecule has 1 aliphatic carbocycles. The lowest BCUT2D eigenvalue weighted by atomic mass is 10.2. The fraction of sp³-hybridized carbons (Fsp3) is 0.462. The van der Waals surface area contributed by atoms with Crippen LogP contribution in [-0.4, -0.2) is 33.6 Å². The van der Waals surface area contributed by atoms with Crippen LogP contribution < -0.4 is 10.5 Å². The average molecular weight is 333 g/mol. The molecule has 1 aliphatic rings. The van der Waals surface area contributed by atoms with Crippen LogP contribution in [0.4, 0.5) is 0 Å². The van der Waals surface area contributed by atoms with Crippen LogP contribution in [0.5, 0.6) is 0 Å². The summed E-state index contributed by atoms with van der Waals surface area (Å²) >= 11 is 5.79. The number of carbonyl (C=O) groups excluding carboxylic acids is 1. The predicted octanol–water partition coefficient (Wildman–Crippen LogP) is 1.28. The van der Waals surface area contributed by atoms with Gasteiger partial charge in [0.25, 0.3) is 5.91 Å². The highest BCUT2D eigenvalue weighted by Crippen LogP contribution is 2.24. The Balaban J connectivity index is 2.13. The molecule has 1 saturated carbocycles. The lowest BCUT2D eigenvalue weighted by molar-refractivity contribution is 0.0915. The summed E-state index contributed by atoms with van der Waals surface area (Å²) in [6.45, 7) is 0. The number of sulfonamides is 1. The second-order valence-electron chi connectivity index (χ2n) is 5.03. The first-order chi connectivity index (χ1) is 9.81. The van der Waals surface area contributed by atoms with Gasteiger partial charge in [0.2, 0.25) is 10.0 Å². The summed E-state index contributed by atoms with van der Waals surface area (Å²) in [5, 5.41) is 7.92. The van der Waals surface area contributed by atoms with Crippen molar-refractivity contribution in [2.24, 2.45) is 5.14 Å². The third-order valence-electron chi connectivity index (χ3n) is 3.55. The van der Waals surface area contributed by atoms with Gasteiger partial charge in [-0.2, -0.15) is 0 Å². The number of ether oxygens (including phenoxy) is 1. The monoisotopic (exact) mass is 332 g/mol. The summed E-state index contributed by atoms with van der Waals surface area (Å²) in [6.07, 6.45) is 2.63. The number of nitrogens with one attached hydrogen (secondary N) is 1. The first-order valence-electron chi connectivity index (χ1n) is 6.47. The lowest BCUT2D eigenvalue weighted by Crippen LogP contribution is -2.33. The summed E-state index contributed by atoms with van der Waals surface area (Å²) in [5.41, 5.74) is 0.212. The van der Waals surface area contributed by atoms with Gasteiger partial charge in [-0.25, -0.2) is 13.6 Å². The van der Waals surface area contributed by atoms with Crippen LogP contribution in [-0.2, 0) is 14.8 Å². The molecule has 0 heterocycles. The van der Waals surface area contributed by atoms with Crippen LogP contribution >= 0.6 is 11.6 Å². The second kappa shape index (κ2) is 6.31. The van der Waals surface area contributed by atoms with Crippen molar-refractivity contribution in [2.45, 2.75) is 36.3 Å². The largest absolute Gasteiger partial charge is 0.381 e. The minimum Gasteiger partial charge on any atom is -0.381 e. The number of benzene rings is 1. The van der Waals surface area contributed by atoms with Gasteiger partial charge in [0, 0.05) is 18.7 Å². The zero-order valence-electron chi connectivity index (χ0n) is 11.5. The summed E-state index contributed by atoms with van der Waals surface area (Å²) < 4.78 is 28.0. The number of primary sulfonamides is 1. The Morgan fingerprint density at radius 3 is 2.71 bits per heavy atom. The summed E-state index contributed by atoms with van der Waals surface area (Å²) in [5.74, 6) is -0.349. The van der Waals surface area contributed by atoms with Gasteiger partial charge in [-0.05, 0) is 37.5 Å². The van der Waals surface area contributed by atoms with Gasteiger partial charge < -0.3 is 10.1 Å². The molecule has 2 unspecified atom stereocenters. The molecule has 116 valence electrons. The van der Waals surface area contributed by atoms with E-state index in [0.29, 0.717) is 0 Å². The van der Waals surface area contributed by atoms with Crippen molar-refractivity contribution in [3.8, 4) is 0 Å². The SMILES string of the molecule is COC1CCC(NC(=O)c2ccc(Cl)c(S(N)(=O)=O)c2)C1. The Hall–Kier alpha value is -1.15. The molecule has 21 heavy (non-hydrogen) atoms. The Morgan fingerprint density at radius 2 is 2.14 bits per heavy atom. The zero-order valence-corrected chi connectivity index (χ0v) is 13.1. The Labute approximate surface area is 128 Å². The molecule has 1 aromatic rings. The number of methoxy groups -OCH3 is 1. The van der Waals surface area contributed by atoms with Crippen molar-refractivity contribution in [2.75, 3.05) is 7.11 Å². The minimum absolute atomic E-state index is 0.00522. The van der Waals surface area contributed by atoms with Crippen LogP contribution in [0.25, 0.3) is 0 Å². The highest BCUT2D eigenvalue weighted by Gasteiger charge is 2.26. The van der Waals surface area contributed by atoms with Crippen molar-refractivity contribution in [1.82, 2.24) is 5.32 Å². The smallest absolute Gasteiger partial charge is 0.251 e. The molecule has 3 N–H and O–H groups in total. The number of rotatable bonds is 4. The van der Waals surface area contributed by atoms with E-state index in [4.69, 9.17) is 21.5 Å². The maximum Gasteiger partial charge on any atom is 0.251 e. The summed E-state index contributed by atoms with van der Waals surface area (Å²) in [7, 11) is -2.32. The van der Waals surface area contributed by atoms with Crippen LogP contribution in [0.3, 0.4) is 0 Å². The Kier molecular flexibility index (Phi) is 4.88. The quantitative estimate of drug-likeness (QED) is 0.867. The molecule has 1 fully saturated rings. The topological polar surface area (TPSA) is 98.5 Å². The number of halogens is 1. The number of carbonyl (C=O) groups is 1. The van der Waals surface area contributed by atoms with Crippen LogP contribution in [0.1, 0.15) is 29.6 Å². The Bertz CT molecular complexity index is 648. The molecule has 8 heteroatoms. The molecule has 0 spiro atoms. The minimum atomic E-state index is -3.96. The van der Waals surface area contributed by atoms with E-state index in [9.17, 15) is 13.2 Å². The van der Waals surface area contributed by atoms with E-state index in [1.807, 2.05) is 0 Å². The molecule has 6 nitrogen and oxygen atoms in total. The third-order valence-corrected chi connectivity index (χ3v) is 4.95. The standard InChI is InChI=1S/C13H17ClN2O4S/c1-20-10-4-3-9(7-10)16-13(17)8-2-5-11(14)12(6-8)21(15,18)19/h2,5-6,9-10H,3-4,7H2,1H3,(H,16,17)(H2,15,18,19). The lowest BCUT2D eigenvalue weighted by Gasteiger charge is -2.13. The van der Waals surface area contributed by atoms with Gasteiger partial charge in [-0.3, -0.25) is 4.79 Å². The first-order valence-corrected chi connectivity index (χ1v) is 8.39. The van der Waals surface area contributed by atoms with Crippen LogP contribution in [0, 0.1) is 0 Å². The van der Waals surface area contributed by atoms with Crippen molar-refractivity contribution >= 4 is 27.5 Å². The predicted molar refractivity (Wildman–Crippen MR) is 78.7 cm³/mol. The van der Waals surface area contributed by atoms with Crippen molar-refractivity contribution in [3.63, 3.8) is 0 Å². The normalized spacial score (nSPS) is 22.2. The molecule has 1 amide bonds. The highest BCUT2D eigenvalue weighted by molar-refractivity contribution is 7.89. The average Bonchev–Trinajstić information content (AvgIpc) is 2.85. The second-order valence-corrected chi connectivity index (χ2v) is 6.97. The number of nitrogens with two attached hydrogens (primary N) is 1. The first kappa shape index (κ1) is 16.2. The van der Waals surface area contributed by atoms with Gasteiger partial charge in [0.1, 0.15) is 4.90 Å². The number of amides is 1. The van der Waals surface area contributed by atoms with Crippen molar-refractivity contribution in [1.29, 1.82) is 0 Å². The van der Waals surface area contributed by atoms with E-state index in [2.05, 4.69) is 5.32 Å². The van der Waals surface area contributed by atoms with E-state index in [1.165, 1.54) is 18.2 Å². The van der Waals surface area contributed by atoms with Crippen LogP contribution in [0.15, 0.2) is 23.1 Å². The highest BCUT2D eigenvalue weighted by atomic mass is 35.5. The van der Waals surface area contributed by atoms with Gasteiger partial charge in [0.15, 0.2) is 0 Å². The van der Waals surface area contributed by atoms with Gasteiger partial charge in [0.05, 0.1) is 11.1 Å². The maximum absolute atomic E-state index is 12.2. The van der Waals surface area contributed by atoms with E-state index in [1.54, 1.807) is 7.11 Å². The molecule has 2 atom stereocenters. The fourth-order valence-corrected chi connectivity index (χ4v) is 3.49. The molecule has 0 bridgehead atoms. The molecule has 1 aromatic carbocycles. The molecule has 2 rings (SSSR count). The van der Waals surface area contributed by atoms with E-state index in [0.717, 1.165) is 19.3 Å². The fourth-order valence-electron chi connectivity index (χ4n) is 2.42. The van der Waals surface area contributed by atoms with E-state index in [-0.39, 0.29) is 33.5 Å². The van der Waals surface area contributed by atoms with Crippen molar-refractivity contribution < 1.29 is 17.9 Å². The van der Waals surface area contributed by atoms with E-state index < -0.39 is 10.0 Å². The van der Waals surface area contributed by atoms with Gasteiger partial charge >= 0.3 is 0 Å². The summed E-state index contributed by atoms with van der Waals surface area (Å²) in [4.78, 5) is 11.9. The molecule has 0 aromatic heterocycles. The molecule has 0 radical (unpaired) electrons. The van der Waals surface area contributed by atoms with Crippen LogP contribution in [0.2, 0.25) is 5.02 Å². The number of hydrogen-bond donors (Lipinski definition) is 2.